The third-order valence-corrected chi connectivity index (χ3v) is 1.80. The molecular formula is C9H5FN2O2. The minimum Gasteiger partial charge on any atom is -0.476 e. The van der Waals surface area contributed by atoms with Crippen LogP contribution in [0, 0.1) is 5.82 Å². The maximum Gasteiger partial charge on any atom is 0.355 e. The molecule has 5 heteroatoms. The topological polar surface area (TPSA) is 63.1 Å². The number of carbonyl (C=O) groups is 1. The van der Waals surface area contributed by atoms with Crippen molar-refractivity contribution in [3.8, 4) is 0 Å². The van der Waals surface area contributed by atoms with E-state index in [0.29, 0.717) is 5.39 Å². The minimum absolute atomic E-state index is 0.116. The molecule has 0 fully saturated rings. The molecule has 2 aromatic rings. The van der Waals surface area contributed by atoms with E-state index in [1.54, 1.807) is 0 Å². The summed E-state index contributed by atoms with van der Waals surface area (Å²) in [5.74, 6) is -1.60. The van der Waals surface area contributed by atoms with Crippen LogP contribution in [-0.2, 0) is 0 Å². The van der Waals surface area contributed by atoms with Gasteiger partial charge in [0.25, 0.3) is 0 Å². The van der Waals surface area contributed by atoms with Gasteiger partial charge in [-0.1, -0.05) is 0 Å². The Hall–Kier alpha value is -2.04. The van der Waals surface area contributed by atoms with E-state index in [1.807, 2.05) is 0 Å². The van der Waals surface area contributed by atoms with Crippen LogP contribution in [-0.4, -0.2) is 21.0 Å². The monoisotopic (exact) mass is 192 g/mol. The number of hydrogen-bond donors (Lipinski definition) is 1. The summed E-state index contributed by atoms with van der Waals surface area (Å²) in [5.41, 5.74) is 0.174. The zero-order chi connectivity index (χ0) is 10.1. The number of fused-ring (bicyclic) bond motifs is 1. The van der Waals surface area contributed by atoms with Crippen molar-refractivity contribution in [3.05, 3.63) is 36.0 Å². The Balaban J connectivity index is 2.81. The smallest absolute Gasteiger partial charge is 0.355 e. The van der Waals surface area contributed by atoms with Gasteiger partial charge in [-0.15, -0.1) is 0 Å². The van der Waals surface area contributed by atoms with Crippen LogP contribution >= 0.6 is 0 Å². The maximum absolute atomic E-state index is 12.8. The van der Waals surface area contributed by atoms with Crippen LogP contribution in [0.1, 0.15) is 10.5 Å². The Morgan fingerprint density at radius 2 is 2.14 bits per heavy atom. The maximum atomic E-state index is 12.8. The van der Waals surface area contributed by atoms with E-state index in [1.165, 1.54) is 18.2 Å². The molecule has 0 spiro atoms. The highest BCUT2D eigenvalue weighted by Crippen LogP contribution is 2.15. The van der Waals surface area contributed by atoms with Gasteiger partial charge >= 0.3 is 5.97 Å². The number of benzene rings is 1. The molecule has 2 rings (SSSR count). The van der Waals surface area contributed by atoms with Crippen LogP contribution in [0.2, 0.25) is 0 Å². The summed E-state index contributed by atoms with van der Waals surface area (Å²) in [6.07, 6.45) is 1.10. The normalized spacial score (nSPS) is 10.4. The predicted octanol–water partition coefficient (Wildman–Crippen LogP) is 1.47. The van der Waals surface area contributed by atoms with E-state index in [4.69, 9.17) is 5.11 Å². The van der Waals surface area contributed by atoms with Gasteiger partial charge in [-0.25, -0.2) is 19.2 Å². The van der Waals surface area contributed by atoms with Gasteiger partial charge in [-0.2, -0.15) is 0 Å². The first kappa shape index (κ1) is 8.55. The van der Waals surface area contributed by atoms with Crippen LogP contribution in [0.15, 0.2) is 24.5 Å². The molecule has 0 unspecified atom stereocenters. The van der Waals surface area contributed by atoms with Gasteiger partial charge in [-0.05, 0) is 12.1 Å². The predicted molar refractivity (Wildman–Crippen MR) is 46.5 cm³/mol. The Morgan fingerprint density at radius 3 is 2.86 bits per heavy atom. The Morgan fingerprint density at radius 1 is 1.36 bits per heavy atom. The fraction of sp³-hybridized carbons (Fsp3) is 0. The van der Waals surface area contributed by atoms with Crippen LogP contribution in [0.25, 0.3) is 10.9 Å². The zero-order valence-corrected chi connectivity index (χ0v) is 6.94. The first-order chi connectivity index (χ1) is 6.68. The van der Waals surface area contributed by atoms with Gasteiger partial charge in [0.15, 0.2) is 5.69 Å². The summed E-state index contributed by atoms with van der Waals surface area (Å²) >= 11 is 0. The number of nitrogens with zero attached hydrogens (tertiary/aromatic N) is 2. The standard InChI is InChI=1S/C9H5FN2O2/c10-5-1-2-6-7(3-5)11-4-12-8(6)9(13)14/h1-4H,(H,13,14). The summed E-state index contributed by atoms with van der Waals surface area (Å²) in [4.78, 5) is 18.1. The van der Waals surface area contributed by atoms with Crippen LogP contribution in [0.4, 0.5) is 4.39 Å². The number of hydrogen-bond acceptors (Lipinski definition) is 3. The number of aromatic nitrogens is 2. The Bertz CT molecular complexity index is 513. The largest absolute Gasteiger partial charge is 0.476 e. The third kappa shape index (κ3) is 1.28. The van der Waals surface area contributed by atoms with Crippen molar-refractivity contribution in [1.82, 2.24) is 9.97 Å². The molecule has 0 atom stereocenters. The fourth-order valence-electron chi connectivity index (χ4n) is 1.20. The first-order valence-corrected chi connectivity index (χ1v) is 3.82. The molecule has 0 bridgehead atoms. The Kier molecular flexibility index (Phi) is 1.85. The number of rotatable bonds is 1. The zero-order valence-electron chi connectivity index (χ0n) is 6.94. The third-order valence-electron chi connectivity index (χ3n) is 1.80. The molecule has 0 radical (unpaired) electrons. The molecule has 1 heterocycles. The van der Waals surface area contributed by atoms with Crippen LogP contribution in [0.5, 0.6) is 0 Å². The average molecular weight is 192 g/mol. The van der Waals surface area contributed by atoms with Crippen LogP contribution < -0.4 is 0 Å². The summed E-state index contributed by atoms with van der Waals surface area (Å²) < 4.78 is 12.8. The highest BCUT2D eigenvalue weighted by Gasteiger charge is 2.10. The van der Waals surface area contributed by atoms with Gasteiger partial charge < -0.3 is 5.11 Å². The molecular weight excluding hydrogens is 187 g/mol. The van der Waals surface area contributed by atoms with Crippen molar-refractivity contribution in [2.45, 2.75) is 0 Å². The molecule has 0 aliphatic carbocycles. The number of halogens is 1. The summed E-state index contributed by atoms with van der Waals surface area (Å²) in [5, 5.41) is 9.10. The Labute approximate surface area is 78.0 Å². The molecule has 0 aliphatic rings. The summed E-state index contributed by atoms with van der Waals surface area (Å²) in [6.45, 7) is 0. The molecule has 70 valence electrons. The second-order valence-corrected chi connectivity index (χ2v) is 2.69. The lowest BCUT2D eigenvalue weighted by Crippen LogP contribution is -2.02. The van der Waals surface area contributed by atoms with E-state index in [2.05, 4.69) is 9.97 Å². The molecule has 4 nitrogen and oxygen atoms in total. The fourth-order valence-corrected chi connectivity index (χ4v) is 1.20. The lowest BCUT2D eigenvalue weighted by molar-refractivity contribution is 0.0692. The van der Waals surface area contributed by atoms with E-state index in [0.717, 1.165) is 6.33 Å². The molecule has 0 aliphatic heterocycles. The minimum atomic E-state index is -1.15. The summed E-state index contributed by atoms with van der Waals surface area (Å²) in [6, 6.07) is 3.70. The number of aromatic carboxylic acids is 1. The quantitative estimate of drug-likeness (QED) is 0.743. The average Bonchev–Trinajstić information content (AvgIpc) is 2.16. The molecule has 1 aromatic carbocycles. The van der Waals surface area contributed by atoms with E-state index in [-0.39, 0.29) is 11.2 Å². The van der Waals surface area contributed by atoms with Gasteiger partial charge in [0.05, 0.1) is 5.52 Å². The number of carboxylic acid groups (broad SMARTS) is 1. The van der Waals surface area contributed by atoms with Gasteiger partial charge in [0.2, 0.25) is 0 Å². The lowest BCUT2D eigenvalue weighted by atomic mass is 10.2. The van der Waals surface area contributed by atoms with Crippen molar-refractivity contribution >= 4 is 16.9 Å². The van der Waals surface area contributed by atoms with E-state index < -0.39 is 11.8 Å². The molecule has 0 saturated heterocycles. The van der Waals surface area contributed by atoms with Crippen molar-refractivity contribution in [2.75, 3.05) is 0 Å². The van der Waals surface area contributed by atoms with Crippen molar-refractivity contribution in [1.29, 1.82) is 0 Å². The second kappa shape index (κ2) is 3.02. The van der Waals surface area contributed by atoms with Crippen molar-refractivity contribution < 1.29 is 14.3 Å². The van der Waals surface area contributed by atoms with Gasteiger partial charge in [-0.3, -0.25) is 0 Å². The molecule has 14 heavy (non-hydrogen) atoms. The van der Waals surface area contributed by atoms with Crippen LogP contribution in [0.3, 0.4) is 0 Å². The van der Waals surface area contributed by atoms with Crippen molar-refractivity contribution in [2.24, 2.45) is 0 Å². The molecule has 0 amide bonds. The molecule has 1 N–H and O–H groups in total. The SMILES string of the molecule is O=C(O)c1ncnc2cc(F)ccc12. The lowest BCUT2D eigenvalue weighted by Gasteiger charge is -1.99. The first-order valence-electron chi connectivity index (χ1n) is 3.82. The number of carboxylic acids is 1. The summed E-state index contributed by atoms with van der Waals surface area (Å²) in [7, 11) is 0. The van der Waals surface area contributed by atoms with Crippen molar-refractivity contribution in [3.63, 3.8) is 0 Å². The highest BCUT2D eigenvalue weighted by atomic mass is 19.1. The second-order valence-electron chi connectivity index (χ2n) is 2.69. The van der Waals surface area contributed by atoms with E-state index >= 15 is 0 Å². The van der Waals surface area contributed by atoms with Gasteiger partial charge in [0, 0.05) is 11.5 Å². The van der Waals surface area contributed by atoms with E-state index in [9.17, 15) is 9.18 Å². The van der Waals surface area contributed by atoms with Gasteiger partial charge in [0.1, 0.15) is 12.1 Å². The molecule has 0 saturated carbocycles. The molecule has 1 aromatic heterocycles. The highest BCUT2D eigenvalue weighted by molar-refractivity contribution is 6.00.